The number of H-pyrrole nitrogens is 1. The van der Waals surface area contributed by atoms with Crippen molar-refractivity contribution in [3.63, 3.8) is 0 Å². The molecule has 0 amide bonds. The number of rotatable bonds is 3. The predicted molar refractivity (Wildman–Crippen MR) is 88.7 cm³/mol. The molecule has 2 aromatic carbocycles. The average Bonchev–Trinajstić information content (AvgIpc) is 2.90. The van der Waals surface area contributed by atoms with Gasteiger partial charge in [-0.2, -0.15) is 5.10 Å². The number of nitrogens with zero attached hydrogens (tertiary/aromatic N) is 1. The summed E-state index contributed by atoms with van der Waals surface area (Å²) >= 11 is 6.92. The zero-order chi connectivity index (χ0) is 13.9. The molecule has 2 nitrogen and oxygen atoms in total. The maximum Gasteiger partial charge on any atom is 0.0685 e. The fourth-order valence-electron chi connectivity index (χ4n) is 2.13. The molecule has 3 aromatic rings. The Morgan fingerprint density at radius 3 is 2.10 bits per heavy atom. The van der Waals surface area contributed by atoms with Crippen LogP contribution >= 0.6 is 31.9 Å². The summed E-state index contributed by atoms with van der Waals surface area (Å²) < 4.78 is 2.18. The molecule has 0 radical (unpaired) electrons. The Balaban J connectivity index is 1.90. The van der Waals surface area contributed by atoms with Gasteiger partial charge in [-0.1, -0.05) is 56.1 Å². The number of halogens is 2. The molecule has 0 unspecified atom stereocenters. The van der Waals surface area contributed by atoms with Gasteiger partial charge < -0.3 is 0 Å². The highest BCUT2D eigenvalue weighted by Gasteiger charge is 2.08. The van der Waals surface area contributed by atoms with Gasteiger partial charge in [0, 0.05) is 20.9 Å². The Hall–Kier alpha value is -1.39. The van der Waals surface area contributed by atoms with Crippen LogP contribution in [0.4, 0.5) is 0 Å². The maximum absolute atomic E-state index is 4.19. The van der Waals surface area contributed by atoms with Gasteiger partial charge >= 0.3 is 0 Å². The Bertz CT molecular complexity index is 700. The van der Waals surface area contributed by atoms with Crippen molar-refractivity contribution in [2.75, 3.05) is 0 Å². The molecule has 0 fully saturated rings. The smallest absolute Gasteiger partial charge is 0.0685 e. The molecule has 100 valence electrons. The van der Waals surface area contributed by atoms with Crippen LogP contribution in [0.5, 0.6) is 0 Å². The van der Waals surface area contributed by atoms with Crippen molar-refractivity contribution in [1.29, 1.82) is 0 Å². The zero-order valence-corrected chi connectivity index (χ0v) is 13.8. The largest absolute Gasteiger partial charge is 0.278 e. The number of benzene rings is 2. The minimum absolute atomic E-state index is 0.870. The lowest BCUT2D eigenvalue weighted by Gasteiger charge is -2.04. The highest BCUT2D eigenvalue weighted by molar-refractivity contribution is 9.10. The first-order chi connectivity index (χ1) is 9.72. The van der Waals surface area contributed by atoms with Crippen molar-refractivity contribution < 1.29 is 0 Å². The lowest BCUT2D eigenvalue weighted by molar-refractivity contribution is 1.10. The second-order valence-electron chi connectivity index (χ2n) is 4.58. The van der Waals surface area contributed by atoms with Crippen LogP contribution in [0.3, 0.4) is 0 Å². The van der Waals surface area contributed by atoms with Crippen molar-refractivity contribution in [2.45, 2.75) is 6.42 Å². The molecular weight excluding hydrogens is 380 g/mol. The van der Waals surface area contributed by atoms with E-state index in [4.69, 9.17) is 0 Å². The molecule has 4 heteroatoms. The van der Waals surface area contributed by atoms with Crippen LogP contribution in [-0.4, -0.2) is 10.2 Å². The molecule has 0 spiro atoms. The van der Waals surface area contributed by atoms with Crippen molar-refractivity contribution in [2.24, 2.45) is 0 Å². The molecule has 3 rings (SSSR count). The molecule has 0 bridgehead atoms. The van der Waals surface area contributed by atoms with Gasteiger partial charge in [0.2, 0.25) is 0 Å². The standard InChI is InChI=1S/C16H12Br2N2/c17-14-5-1-11(2-6-14)9-13-10-19-20-16(13)12-3-7-15(18)8-4-12/h1-8,10H,9H2,(H,19,20). The van der Waals surface area contributed by atoms with E-state index in [1.807, 2.05) is 18.3 Å². The van der Waals surface area contributed by atoms with Gasteiger partial charge in [-0.15, -0.1) is 0 Å². The molecular formula is C16H12Br2N2. The second-order valence-corrected chi connectivity index (χ2v) is 6.41. The number of hydrogen-bond acceptors (Lipinski definition) is 1. The lowest BCUT2D eigenvalue weighted by atomic mass is 10.0. The van der Waals surface area contributed by atoms with E-state index in [1.165, 1.54) is 11.1 Å². The first-order valence-electron chi connectivity index (χ1n) is 6.25. The lowest BCUT2D eigenvalue weighted by Crippen LogP contribution is -1.89. The third kappa shape index (κ3) is 3.02. The van der Waals surface area contributed by atoms with Crippen LogP contribution in [0.1, 0.15) is 11.1 Å². The molecule has 1 N–H and O–H groups in total. The van der Waals surface area contributed by atoms with Gasteiger partial charge in [0.25, 0.3) is 0 Å². The number of nitrogens with one attached hydrogen (secondary N) is 1. The molecule has 1 aromatic heterocycles. The first kappa shape index (κ1) is 13.6. The fraction of sp³-hybridized carbons (Fsp3) is 0.0625. The van der Waals surface area contributed by atoms with Gasteiger partial charge in [0.15, 0.2) is 0 Å². The van der Waals surface area contributed by atoms with Gasteiger partial charge in [-0.25, -0.2) is 0 Å². The van der Waals surface area contributed by atoms with Crippen molar-refractivity contribution in [3.05, 3.63) is 74.8 Å². The molecule has 0 saturated heterocycles. The van der Waals surface area contributed by atoms with Gasteiger partial charge in [-0.3, -0.25) is 5.10 Å². The second kappa shape index (κ2) is 5.94. The summed E-state index contributed by atoms with van der Waals surface area (Å²) in [5.74, 6) is 0. The van der Waals surface area contributed by atoms with E-state index in [1.54, 1.807) is 0 Å². The van der Waals surface area contributed by atoms with Crippen LogP contribution in [0.15, 0.2) is 63.7 Å². The van der Waals surface area contributed by atoms with Gasteiger partial charge in [0.1, 0.15) is 0 Å². The number of hydrogen-bond donors (Lipinski definition) is 1. The Morgan fingerprint density at radius 1 is 0.850 bits per heavy atom. The summed E-state index contributed by atoms with van der Waals surface area (Å²) in [5.41, 5.74) is 4.71. The molecule has 20 heavy (non-hydrogen) atoms. The van der Waals surface area contributed by atoms with E-state index in [0.717, 1.165) is 26.6 Å². The molecule has 0 saturated carbocycles. The van der Waals surface area contributed by atoms with E-state index < -0.39 is 0 Å². The molecule has 0 aliphatic heterocycles. The van der Waals surface area contributed by atoms with Gasteiger partial charge in [0.05, 0.1) is 11.9 Å². The Morgan fingerprint density at radius 2 is 1.45 bits per heavy atom. The normalized spacial score (nSPS) is 10.7. The molecule has 0 atom stereocenters. The SMILES string of the molecule is Brc1ccc(Cc2cn[nH]c2-c2ccc(Br)cc2)cc1. The summed E-state index contributed by atoms with van der Waals surface area (Å²) in [6.45, 7) is 0. The van der Waals surface area contributed by atoms with Crippen LogP contribution in [0, 0.1) is 0 Å². The van der Waals surface area contributed by atoms with Crippen LogP contribution < -0.4 is 0 Å². The fourth-order valence-corrected chi connectivity index (χ4v) is 2.66. The summed E-state index contributed by atoms with van der Waals surface area (Å²) in [4.78, 5) is 0. The monoisotopic (exact) mass is 390 g/mol. The maximum atomic E-state index is 4.19. The molecule has 1 heterocycles. The van der Waals surface area contributed by atoms with E-state index >= 15 is 0 Å². The summed E-state index contributed by atoms with van der Waals surface area (Å²) in [6, 6.07) is 16.6. The third-order valence-electron chi connectivity index (χ3n) is 3.16. The highest BCUT2D eigenvalue weighted by Crippen LogP contribution is 2.25. The van der Waals surface area contributed by atoms with E-state index in [0.29, 0.717) is 0 Å². The highest BCUT2D eigenvalue weighted by atomic mass is 79.9. The van der Waals surface area contributed by atoms with Crippen molar-refractivity contribution >= 4 is 31.9 Å². The third-order valence-corrected chi connectivity index (χ3v) is 4.22. The number of aromatic amines is 1. The summed E-state index contributed by atoms with van der Waals surface area (Å²) in [7, 11) is 0. The first-order valence-corrected chi connectivity index (χ1v) is 7.83. The molecule has 0 aliphatic rings. The van der Waals surface area contributed by atoms with Crippen LogP contribution in [0.25, 0.3) is 11.3 Å². The summed E-state index contributed by atoms with van der Waals surface area (Å²) in [5, 5.41) is 7.29. The van der Waals surface area contributed by atoms with Crippen LogP contribution in [-0.2, 0) is 6.42 Å². The topological polar surface area (TPSA) is 28.7 Å². The minimum atomic E-state index is 0.870. The van der Waals surface area contributed by atoms with Crippen molar-refractivity contribution in [1.82, 2.24) is 10.2 Å². The number of aromatic nitrogens is 2. The predicted octanol–water partition coefficient (Wildman–Crippen LogP) is 5.19. The van der Waals surface area contributed by atoms with E-state index in [2.05, 4.69) is 78.5 Å². The van der Waals surface area contributed by atoms with E-state index in [9.17, 15) is 0 Å². The zero-order valence-electron chi connectivity index (χ0n) is 10.6. The Kier molecular flexibility index (Phi) is 4.03. The van der Waals surface area contributed by atoms with Crippen molar-refractivity contribution in [3.8, 4) is 11.3 Å². The summed E-state index contributed by atoms with van der Waals surface area (Å²) in [6.07, 6.45) is 2.77. The van der Waals surface area contributed by atoms with E-state index in [-0.39, 0.29) is 0 Å². The Labute approximate surface area is 134 Å². The molecule has 0 aliphatic carbocycles. The van der Waals surface area contributed by atoms with Crippen LogP contribution in [0.2, 0.25) is 0 Å². The quantitative estimate of drug-likeness (QED) is 0.653. The van der Waals surface area contributed by atoms with Gasteiger partial charge in [-0.05, 0) is 35.4 Å². The minimum Gasteiger partial charge on any atom is -0.278 e. The average molecular weight is 392 g/mol.